The van der Waals surface area contributed by atoms with E-state index in [1.165, 1.54) is 141 Å². The number of nitrogens with one attached hydrogen (secondary N) is 1. The Kier molecular flexibility index (Phi) is 15.5. The average Bonchev–Trinajstić information content (AvgIpc) is 3.58. The third-order valence-electron chi connectivity index (χ3n) is 9.07. The van der Waals surface area contributed by atoms with Crippen LogP contribution in [0.3, 0.4) is 0 Å². The Bertz CT molecular complexity index is 440. The minimum atomic E-state index is 0.351. The van der Waals surface area contributed by atoms with Gasteiger partial charge in [-0.1, -0.05) is 131 Å². The molecule has 1 rings (SSSR count). The molecule has 0 amide bonds. The normalized spacial score (nSPS) is 18.9. The van der Waals surface area contributed by atoms with Crippen molar-refractivity contribution in [2.45, 2.75) is 182 Å². The summed E-state index contributed by atoms with van der Waals surface area (Å²) in [6.07, 6.45) is 29.6. The second kappa shape index (κ2) is 16.6. The first-order chi connectivity index (χ1) is 15.4. The second-order valence-electron chi connectivity index (χ2n) is 12.1. The molecule has 1 N–H and O–H groups in total. The van der Waals surface area contributed by atoms with Crippen molar-refractivity contribution in [2.24, 2.45) is 10.8 Å². The van der Waals surface area contributed by atoms with E-state index in [4.69, 9.17) is 0 Å². The average molecular weight is 450 g/mol. The van der Waals surface area contributed by atoms with E-state index in [0.29, 0.717) is 16.4 Å². The maximum absolute atomic E-state index is 4.25. The van der Waals surface area contributed by atoms with Crippen LogP contribution in [0.25, 0.3) is 0 Å². The summed E-state index contributed by atoms with van der Waals surface area (Å²) in [6.45, 7) is 15.9. The largest absolute Gasteiger partial charge is 0.311 e. The predicted molar refractivity (Wildman–Crippen MR) is 147 cm³/mol. The van der Waals surface area contributed by atoms with Crippen LogP contribution in [0.5, 0.6) is 0 Å². The van der Waals surface area contributed by atoms with Crippen LogP contribution in [-0.4, -0.2) is 12.1 Å². The molecule has 1 saturated carbocycles. The molecule has 0 aromatic carbocycles. The van der Waals surface area contributed by atoms with Gasteiger partial charge in [-0.3, -0.25) is 0 Å². The maximum Gasteiger partial charge on any atom is 0.0153 e. The number of unbranched alkanes of at least 4 members (excludes halogenated alkanes) is 11. The number of rotatable bonds is 23. The van der Waals surface area contributed by atoms with Gasteiger partial charge in [0.2, 0.25) is 0 Å². The minimum Gasteiger partial charge on any atom is -0.311 e. The Hall–Kier alpha value is -0.0400. The van der Waals surface area contributed by atoms with E-state index < -0.39 is 0 Å². The van der Waals surface area contributed by atoms with Crippen molar-refractivity contribution in [1.29, 1.82) is 0 Å². The van der Waals surface area contributed by atoms with Crippen molar-refractivity contribution in [3.8, 4) is 0 Å². The minimum absolute atomic E-state index is 0.351. The van der Waals surface area contributed by atoms with Crippen LogP contribution in [0.4, 0.5) is 0 Å². The van der Waals surface area contributed by atoms with E-state index in [1.807, 2.05) is 0 Å². The molecule has 0 heterocycles. The van der Waals surface area contributed by atoms with Gasteiger partial charge in [0.1, 0.15) is 0 Å². The highest BCUT2D eigenvalue weighted by Crippen LogP contribution is 2.62. The van der Waals surface area contributed by atoms with Gasteiger partial charge in [-0.25, -0.2) is 0 Å². The fourth-order valence-electron chi connectivity index (χ4n) is 6.08. The molecule has 0 aromatic rings. The highest BCUT2D eigenvalue weighted by atomic mass is 15.0. The Balaban J connectivity index is 2.73. The topological polar surface area (TPSA) is 12.0 Å². The highest BCUT2D eigenvalue weighted by Gasteiger charge is 2.55. The molecular weight excluding hydrogens is 386 g/mol. The molecule has 1 nitrogen and oxygen atoms in total. The van der Waals surface area contributed by atoms with Crippen LogP contribution in [-0.2, 0) is 0 Å². The molecule has 0 radical (unpaired) electrons. The molecule has 1 fully saturated rings. The quantitative estimate of drug-likeness (QED) is 0.153. The SMILES string of the molecule is CCCCCCCC(C)(CCCCC)NCC1(C(C)(CCCCC)CCCCCC)CC1. The van der Waals surface area contributed by atoms with Crippen LogP contribution >= 0.6 is 0 Å². The van der Waals surface area contributed by atoms with Gasteiger partial charge < -0.3 is 5.32 Å². The zero-order valence-corrected chi connectivity index (χ0v) is 23.6. The first kappa shape index (κ1) is 30.0. The fourth-order valence-corrected chi connectivity index (χ4v) is 6.08. The number of hydrogen-bond acceptors (Lipinski definition) is 1. The third-order valence-corrected chi connectivity index (χ3v) is 9.07. The van der Waals surface area contributed by atoms with E-state index in [1.54, 1.807) is 0 Å². The molecule has 2 unspecified atom stereocenters. The van der Waals surface area contributed by atoms with Gasteiger partial charge in [-0.05, 0) is 56.3 Å². The van der Waals surface area contributed by atoms with Gasteiger partial charge in [-0.2, -0.15) is 0 Å². The Morgan fingerprint density at radius 3 is 1.41 bits per heavy atom. The Morgan fingerprint density at radius 2 is 0.906 bits per heavy atom. The lowest BCUT2D eigenvalue weighted by Gasteiger charge is -2.42. The standard InChI is InChI=1S/C31H63N/c1-7-11-15-17-21-25-30(6,24-19-14-10-4)32-28-31(26-27-31)29(5,22-18-13-9-3)23-20-16-12-8-2/h32H,7-28H2,1-6H3. The Labute approximate surface area is 204 Å². The van der Waals surface area contributed by atoms with Crippen LogP contribution in [0, 0.1) is 10.8 Å². The van der Waals surface area contributed by atoms with Crippen molar-refractivity contribution < 1.29 is 0 Å². The molecule has 0 aromatic heterocycles. The molecule has 0 spiro atoms. The summed E-state index contributed by atoms with van der Waals surface area (Å²) in [6, 6.07) is 0. The summed E-state index contributed by atoms with van der Waals surface area (Å²) in [5, 5.41) is 4.25. The lowest BCUT2D eigenvalue weighted by atomic mass is 9.67. The fraction of sp³-hybridized carbons (Fsp3) is 1.00. The van der Waals surface area contributed by atoms with Crippen molar-refractivity contribution in [3.05, 3.63) is 0 Å². The first-order valence-corrected chi connectivity index (χ1v) is 15.2. The lowest BCUT2D eigenvalue weighted by molar-refractivity contribution is 0.105. The molecule has 0 saturated heterocycles. The van der Waals surface area contributed by atoms with Gasteiger partial charge in [-0.15, -0.1) is 0 Å². The van der Waals surface area contributed by atoms with Gasteiger partial charge in [0.15, 0.2) is 0 Å². The molecule has 2 atom stereocenters. The zero-order valence-electron chi connectivity index (χ0n) is 23.6. The first-order valence-electron chi connectivity index (χ1n) is 15.2. The maximum atomic E-state index is 4.25. The summed E-state index contributed by atoms with van der Waals surface area (Å²) < 4.78 is 0. The predicted octanol–water partition coefficient (Wildman–Crippen LogP) is 10.6. The molecule has 32 heavy (non-hydrogen) atoms. The molecule has 1 aliphatic rings. The van der Waals surface area contributed by atoms with E-state index in [0.717, 1.165) is 0 Å². The molecule has 192 valence electrons. The van der Waals surface area contributed by atoms with Gasteiger partial charge in [0.05, 0.1) is 0 Å². The van der Waals surface area contributed by atoms with E-state index in [9.17, 15) is 0 Å². The highest BCUT2D eigenvalue weighted by molar-refractivity contribution is 5.07. The summed E-state index contributed by atoms with van der Waals surface area (Å²) in [5.74, 6) is 0. The van der Waals surface area contributed by atoms with Gasteiger partial charge in [0, 0.05) is 12.1 Å². The van der Waals surface area contributed by atoms with Crippen molar-refractivity contribution in [1.82, 2.24) is 5.32 Å². The molecular formula is C31H63N. The van der Waals surface area contributed by atoms with Crippen molar-refractivity contribution >= 4 is 0 Å². The van der Waals surface area contributed by atoms with Crippen LogP contribution in [0.2, 0.25) is 0 Å². The number of hydrogen-bond donors (Lipinski definition) is 1. The van der Waals surface area contributed by atoms with E-state index in [2.05, 4.69) is 46.9 Å². The molecule has 0 aliphatic heterocycles. The third kappa shape index (κ3) is 10.9. The zero-order chi connectivity index (χ0) is 23.8. The van der Waals surface area contributed by atoms with Gasteiger partial charge in [0.25, 0.3) is 0 Å². The van der Waals surface area contributed by atoms with Crippen LogP contribution < -0.4 is 5.32 Å². The molecule has 1 aliphatic carbocycles. The monoisotopic (exact) mass is 449 g/mol. The van der Waals surface area contributed by atoms with Crippen molar-refractivity contribution in [3.63, 3.8) is 0 Å². The lowest BCUT2D eigenvalue weighted by Crippen LogP contribution is -2.48. The Morgan fingerprint density at radius 1 is 0.531 bits per heavy atom. The van der Waals surface area contributed by atoms with Gasteiger partial charge >= 0.3 is 0 Å². The smallest absolute Gasteiger partial charge is 0.0153 e. The van der Waals surface area contributed by atoms with Crippen molar-refractivity contribution in [2.75, 3.05) is 6.54 Å². The molecule has 1 heteroatoms. The second-order valence-corrected chi connectivity index (χ2v) is 12.1. The van der Waals surface area contributed by atoms with Crippen LogP contribution in [0.15, 0.2) is 0 Å². The van der Waals surface area contributed by atoms with E-state index in [-0.39, 0.29) is 0 Å². The summed E-state index contributed by atoms with van der Waals surface area (Å²) in [4.78, 5) is 0. The summed E-state index contributed by atoms with van der Waals surface area (Å²) in [5.41, 5.74) is 1.49. The molecule has 0 bridgehead atoms. The van der Waals surface area contributed by atoms with Crippen LogP contribution in [0.1, 0.15) is 176 Å². The summed E-state index contributed by atoms with van der Waals surface area (Å²) >= 11 is 0. The van der Waals surface area contributed by atoms with E-state index >= 15 is 0 Å². The summed E-state index contributed by atoms with van der Waals surface area (Å²) in [7, 11) is 0.